The molecule has 0 heterocycles. The van der Waals surface area contributed by atoms with Crippen LogP contribution >= 0.6 is 0 Å². The van der Waals surface area contributed by atoms with E-state index in [-0.39, 0.29) is 17.6 Å². The molecule has 21 heavy (non-hydrogen) atoms. The SMILES string of the molecule is COc1ccc(C(C)NC(=O)c2ccc(F)c(N)c2)cc1. The molecule has 0 aromatic heterocycles. The van der Waals surface area contributed by atoms with Crippen LogP contribution in [0.2, 0.25) is 0 Å². The number of methoxy groups -OCH3 is 1. The normalized spacial score (nSPS) is 11.8. The Kier molecular flexibility index (Phi) is 4.42. The molecule has 1 unspecified atom stereocenters. The molecule has 0 saturated carbocycles. The summed E-state index contributed by atoms with van der Waals surface area (Å²) in [5.74, 6) is -0.0802. The van der Waals surface area contributed by atoms with Crippen LogP contribution in [0, 0.1) is 5.82 Å². The van der Waals surface area contributed by atoms with Crippen molar-refractivity contribution in [2.45, 2.75) is 13.0 Å². The third kappa shape index (κ3) is 3.51. The van der Waals surface area contributed by atoms with Gasteiger partial charge in [0.15, 0.2) is 0 Å². The third-order valence-corrected chi connectivity index (χ3v) is 3.22. The van der Waals surface area contributed by atoms with Crippen LogP contribution < -0.4 is 15.8 Å². The Morgan fingerprint density at radius 1 is 1.24 bits per heavy atom. The quantitative estimate of drug-likeness (QED) is 0.850. The first kappa shape index (κ1) is 14.8. The van der Waals surface area contributed by atoms with E-state index in [2.05, 4.69) is 5.32 Å². The molecule has 3 N–H and O–H groups in total. The van der Waals surface area contributed by atoms with Crippen LogP contribution in [-0.2, 0) is 0 Å². The molecule has 0 fully saturated rings. The Morgan fingerprint density at radius 3 is 2.48 bits per heavy atom. The van der Waals surface area contributed by atoms with Crippen molar-refractivity contribution >= 4 is 11.6 Å². The first-order valence-corrected chi connectivity index (χ1v) is 6.51. The summed E-state index contributed by atoms with van der Waals surface area (Å²) in [7, 11) is 1.60. The average molecular weight is 288 g/mol. The first-order valence-electron chi connectivity index (χ1n) is 6.51. The topological polar surface area (TPSA) is 64.3 Å². The molecule has 110 valence electrons. The molecule has 0 bridgehead atoms. The van der Waals surface area contributed by atoms with Gasteiger partial charge in [0.1, 0.15) is 11.6 Å². The van der Waals surface area contributed by atoms with Crippen molar-refractivity contribution < 1.29 is 13.9 Å². The van der Waals surface area contributed by atoms with Crippen LogP contribution in [0.4, 0.5) is 10.1 Å². The molecule has 2 aromatic carbocycles. The van der Waals surface area contributed by atoms with Gasteiger partial charge in [-0.25, -0.2) is 4.39 Å². The summed E-state index contributed by atoms with van der Waals surface area (Å²) in [6, 6.07) is 11.1. The molecule has 0 aliphatic rings. The van der Waals surface area contributed by atoms with E-state index < -0.39 is 5.82 Å². The van der Waals surface area contributed by atoms with Gasteiger partial charge in [-0.15, -0.1) is 0 Å². The Morgan fingerprint density at radius 2 is 1.90 bits per heavy atom. The molecule has 0 saturated heterocycles. The Balaban J connectivity index is 2.08. The number of carbonyl (C=O) groups is 1. The summed E-state index contributed by atoms with van der Waals surface area (Å²) in [6.45, 7) is 1.87. The van der Waals surface area contributed by atoms with E-state index in [9.17, 15) is 9.18 Å². The number of halogens is 1. The number of ether oxygens (including phenoxy) is 1. The minimum absolute atomic E-state index is 0.0419. The Labute approximate surface area is 122 Å². The van der Waals surface area contributed by atoms with Crippen LogP contribution in [0.3, 0.4) is 0 Å². The van der Waals surface area contributed by atoms with Gasteiger partial charge in [-0.1, -0.05) is 12.1 Å². The van der Waals surface area contributed by atoms with Gasteiger partial charge in [0.05, 0.1) is 18.8 Å². The lowest BCUT2D eigenvalue weighted by Gasteiger charge is -2.15. The highest BCUT2D eigenvalue weighted by molar-refractivity contribution is 5.95. The first-order chi connectivity index (χ1) is 10.0. The Bertz CT molecular complexity index is 641. The standard InChI is InChI=1S/C16H17FN2O2/c1-10(11-3-6-13(21-2)7-4-11)19-16(20)12-5-8-14(17)15(18)9-12/h3-10H,18H2,1-2H3,(H,19,20). The summed E-state index contributed by atoms with van der Waals surface area (Å²) < 4.78 is 18.2. The molecule has 2 aromatic rings. The van der Waals surface area contributed by atoms with Crippen LogP contribution in [-0.4, -0.2) is 13.0 Å². The summed E-state index contributed by atoms with van der Waals surface area (Å²) in [5, 5.41) is 2.84. The molecule has 0 spiro atoms. The van der Waals surface area contributed by atoms with Gasteiger partial charge in [0, 0.05) is 5.56 Å². The number of nitrogen functional groups attached to an aromatic ring is 1. The molecule has 1 amide bonds. The smallest absolute Gasteiger partial charge is 0.251 e. The summed E-state index contributed by atoms with van der Waals surface area (Å²) in [5.41, 5.74) is 6.69. The lowest BCUT2D eigenvalue weighted by Crippen LogP contribution is -2.26. The largest absolute Gasteiger partial charge is 0.497 e. The second kappa shape index (κ2) is 6.26. The summed E-state index contributed by atoms with van der Waals surface area (Å²) >= 11 is 0. The Hall–Kier alpha value is -2.56. The predicted molar refractivity (Wildman–Crippen MR) is 79.7 cm³/mol. The van der Waals surface area contributed by atoms with Crippen LogP contribution in [0.1, 0.15) is 28.9 Å². The number of nitrogens with one attached hydrogen (secondary N) is 1. The maximum atomic E-state index is 13.1. The maximum Gasteiger partial charge on any atom is 0.251 e. The minimum atomic E-state index is -0.533. The monoisotopic (exact) mass is 288 g/mol. The fourth-order valence-corrected chi connectivity index (χ4v) is 1.94. The van der Waals surface area contributed by atoms with Gasteiger partial charge < -0.3 is 15.8 Å². The zero-order chi connectivity index (χ0) is 15.4. The highest BCUT2D eigenvalue weighted by Crippen LogP contribution is 2.18. The van der Waals surface area contributed by atoms with Crippen molar-refractivity contribution in [1.29, 1.82) is 0 Å². The van der Waals surface area contributed by atoms with Crippen molar-refractivity contribution in [3.8, 4) is 5.75 Å². The van der Waals surface area contributed by atoms with Crippen molar-refractivity contribution in [1.82, 2.24) is 5.32 Å². The number of nitrogens with two attached hydrogens (primary N) is 1. The molecule has 5 heteroatoms. The van der Waals surface area contributed by atoms with Gasteiger partial charge in [-0.2, -0.15) is 0 Å². The van der Waals surface area contributed by atoms with E-state index >= 15 is 0 Å². The highest BCUT2D eigenvalue weighted by Gasteiger charge is 2.12. The van der Waals surface area contributed by atoms with Gasteiger partial charge >= 0.3 is 0 Å². The summed E-state index contributed by atoms with van der Waals surface area (Å²) in [6.07, 6.45) is 0. The molecular formula is C16H17FN2O2. The second-order valence-electron chi connectivity index (χ2n) is 4.70. The fraction of sp³-hybridized carbons (Fsp3) is 0.188. The number of carbonyl (C=O) groups excluding carboxylic acids is 1. The van der Waals surface area contributed by atoms with E-state index in [1.165, 1.54) is 18.2 Å². The molecule has 4 nitrogen and oxygen atoms in total. The van der Waals surface area contributed by atoms with Crippen LogP contribution in [0.5, 0.6) is 5.75 Å². The van der Waals surface area contributed by atoms with Gasteiger partial charge in [-0.05, 0) is 42.8 Å². The third-order valence-electron chi connectivity index (χ3n) is 3.22. The lowest BCUT2D eigenvalue weighted by molar-refractivity contribution is 0.0940. The maximum absolute atomic E-state index is 13.1. The number of benzene rings is 2. The number of hydrogen-bond donors (Lipinski definition) is 2. The van der Waals surface area contributed by atoms with Crippen molar-refractivity contribution in [3.63, 3.8) is 0 Å². The molecule has 0 aliphatic heterocycles. The molecule has 1 atom stereocenters. The lowest BCUT2D eigenvalue weighted by atomic mass is 10.1. The van der Waals surface area contributed by atoms with E-state index in [4.69, 9.17) is 10.5 Å². The van der Waals surface area contributed by atoms with Crippen LogP contribution in [0.15, 0.2) is 42.5 Å². The van der Waals surface area contributed by atoms with Gasteiger partial charge in [0.2, 0.25) is 0 Å². The van der Waals surface area contributed by atoms with E-state index in [1.54, 1.807) is 7.11 Å². The molecule has 0 aliphatic carbocycles. The number of amides is 1. The molecule has 0 radical (unpaired) electrons. The average Bonchev–Trinajstić information content (AvgIpc) is 2.50. The van der Waals surface area contributed by atoms with Gasteiger partial charge in [-0.3, -0.25) is 4.79 Å². The number of rotatable bonds is 4. The van der Waals surface area contributed by atoms with E-state index in [0.29, 0.717) is 5.56 Å². The van der Waals surface area contributed by atoms with E-state index in [1.807, 2.05) is 31.2 Å². The molecule has 2 rings (SSSR count). The summed E-state index contributed by atoms with van der Waals surface area (Å²) in [4.78, 5) is 12.1. The zero-order valence-corrected chi connectivity index (χ0v) is 11.9. The zero-order valence-electron chi connectivity index (χ0n) is 11.9. The van der Waals surface area contributed by atoms with Gasteiger partial charge in [0.25, 0.3) is 5.91 Å². The number of anilines is 1. The highest BCUT2D eigenvalue weighted by atomic mass is 19.1. The molecular weight excluding hydrogens is 271 g/mol. The second-order valence-corrected chi connectivity index (χ2v) is 4.70. The number of hydrogen-bond acceptors (Lipinski definition) is 3. The fourth-order valence-electron chi connectivity index (χ4n) is 1.94. The van der Waals surface area contributed by atoms with E-state index in [0.717, 1.165) is 11.3 Å². The minimum Gasteiger partial charge on any atom is -0.497 e. The van der Waals surface area contributed by atoms with Crippen LogP contribution in [0.25, 0.3) is 0 Å². The van der Waals surface area contributed by atoms with Crippen molar-refractivity contribution in [3.05, 3.63) is 59.4 Å². The predicted octanol–water partition coefficient (Wildman–Crippen LogP) is 2.91. The van der Waals surface area contributed by atoms with Crippen molar-refractivity contribution in [2.75, 3.05) is 12.8 Å². The van der Waals surface area contributed by atoms with Crippen molar-refractivity contribution in [2.24, 2.45) is 0 Å².